The fourth-order valence-electron chi connectivity index (χ4n) is 3.58. The number of aliphatic hydroxyl groups excluding tert-OH is 3. The fourth-order valence-corrected chi connectivity index (χ4v) is 8.23. The van der Waals surface area contributed by atoms with E-state index in [0.29, 0.717) is 11.5 Å². The summed E-state index contributed by atoms with van der Waals surface area (Å²) in [5, 5.41) is 31.9. The van der Waals surface area contributed by atoms with E-state index in [-0.39, 0.29) is 29.4 Å². The lowest BCUT2D eigenvalue weighted by Crippen LogP contribution is -2.50. The Kier molecular flexibility index (Phi) is 16.7. The molecule has 0 saturated heterocycles. The molecule has 0 aromatic rings. The smallest absolute Gasteiger partial charge is 0.308 e. The predicted octanol–water partition coefficient (Wildman–Crippen LogP) is 1.92. The number of rotatable bonds is 16. The number of ether oxygens (including phenoxy) is 1. The number of aliphatic hydroxyl groups is 3. The van der Waals surface area contributed by atoms with Crippen molar-refractivity contribution >= 4 is 45.8 Å². The molecule has 1 amide bonds. The van der Waals surface area contributed by atoms with Gasteiger partial charge in [-0.25, -0.2) is 0 Å². The van der Waals surface area contributed by atoms with Gasteiger partial charge in [-0.2, -0.15) is 21.1 Å². The highest BCUT2D eigenvalue weighted by atomic mass is 35.5. The zero-order chi connectivity index (χ0) is 32.4. The molecule has 0 aromatic carbocycles. The van der Waals surface area contributed by atoms with Crippen LogP contribution in [0.25, 0.3) is 0 Å². The van der Waals surface area contributed by atoms with Crippen LogP contribution < -0.4 is 5.32 Å². The summed E-state index contributed by atoms with van der Waals surface area (Å²) >= 11 is 5.51. The van der Waals surface area contributed by atoms with Crippen molar-refractivity contribution in [3.8, 4) is 0 Å². The Morgan fingerprint density at radius 1 is 1.07 bits per heavy atom. The predicted molar refractivity (Wildman–Crippen MR) is 159 cm³/mol. The van der Waals surface area contributed by atoms with Crippen molar-refractivity contribution in [1.29, 1.82) is 0 Å². The van der Waals surface area contributed by atoms with Gasteiger partial charge in [-0.05, 0) is 39.3 Å². The molecule has 0 aliphatic carbocycles. The second-order valence-corrected chi connectivity index (χ2v) is 21.0. The molecule has 0 spiro atoms. The molecule has 0 radical (unpaired) electrons. The molecule has 244 valence electrons. The van der Waals surface area contributed by atoms with E-state index in [4.69, 9.17) is 20.5 Å². The molecule has 17 heteroatoms. The molecule has 0 saturated carbocycles. The summed E-state index contributed by atoms with van der Waals surface area (Å²) in [6.07, 6.45) is -1.45. The van der Waals surface area contributed by atoms with Crippen LogP contribution in [0, 0.1) is 11.8 Å². The zero-order valence-corrected chi connectivity index (χ0v) is 28.8. The third-order valence-corrected chi connectivity index (χ3v) is 10.4. The van der Waals surface area contributed by atoms with Crippen LogP contribution in [0.2, 0.25) is 25.7 Å². The number of hydroxylamine groups is 2. The van der Waals surface area contributed by atoms with Gasteiger partial charge in [-0.1, -0.05) is 46.5 Å². The molecule has 1 heterocycles. The van der Waals surface area contributed by atoms with Gasteiger partial charge in [0.1, 0.15) is 0 Å². The van der Waals surface area contributed by atoms with Gasteiger partial charge in [-0.3, -0.25) is 8.98 Å². The van der Waals surface area contributed by atoms with Crippen molar-refractivity contribution in [2.75, 3.05) is 17.6 Å². The number of amides is 1. The number of carbonyl (C=O) groups is 1. The molecule has 6 unspecified atom stereocenters. The number of alkyl halides is 1. The maximum absolute atomic E-state index is 11.8. The Morgan fingerprint density at radius 3 is 2.02 bits per heavy atom. The highest BCUT2D eigenvalue weighted by Crippen LogP contribution is 2.21. The van der Waals surface area contributed by atoms with Crippen molar-refractivity contribution in [3.63, 3.8) is 0 Å². The van der Waals surface area contributed by atoms with Gasteiger partial charge in [-0.15, -0.1) is 16.7 Å². The Labute approximate surface area is 251 Å². The van der Waals surface area contributed by atoms with Crippen LogP contribution in [0.1, 0.15) is 48.0 Å². The molecule has 1 aliphatic rings. The topological polar surface area (TPSA) is 189 Å². The number of carbonyl (C=O) groups excluding carboxylic acids is 1. The van der Waals surface area contributed by atoms with Crippen molar-refractivity contribution < 1.29 is 50.2 Å². The standard InChI is InChI=1S/C12H24ClNO4S.C12H25NO7SSi/c1-6-9(2)11(15)14-12(4,5)8-19(16,17)18-10(3)7-13;1-9(7-22(2,3)4)12(16)19-8-21(17,18)20-13-10(14)5-6-11(13)15/h9-10H,6-8H2,1-5H3,(H,14,15);5-6,9-12,14-16H,7-8H2,1-4H3. The van der Waals surface area contributed by atoms with E-state index in [1.807, 2.05) is 6.92 Å². The van der Waals surface area contributed by atoms with E-state index in [1.165, 1.54) is 12.2 Å². The maximum atomic E-state index is 11.8. The number of nitrogens with one attached hydrogen (secondary N) is 1. The zero-order valence-electron chi connectivity index (χ0n) is 25.4. The summed E-state index contributed by atoms with van der Waals surface area (Å²) in [5.74, 6) is -1.58. The summed E-state index contributed by atoms with van der Waals surface area (Å²) in [6, 6.07) is 0.780. The minimum absolute atomic E-state index is 0.0961. The fraction of sp³-hybridized carbons (Fsp3) is 0.875. The summed E-state index contributed by atoms with van der Waals surface area (Å²) in [4.78, 5) is 11.8. The average molecular weight is 669 g/mol. The van der Waals surface area contributed by atoms with E-state index >= 15 is 0 Å². The highest BCUT2D eigenvalue weighted by molar-refractivity contribution is 7.86. The van der Waals surface area contributed by atoms with Crippen LogP contribution in [-0.4, -0.2) is 99.2 Å². The van der Waals surface area contributed by atoms with Crippen LogP contribution in [-0.2, 0) is 38.2 Å². The van der Waals surface area contributed by atoms with Gasteiger partial charge < -0.3 is 25.4 Å². The van der Waals surface area contributed by atoms with E-state index in [2.05, 4.69) is 29.2 Å². The molecular weight excluding hydrogens is 620 g/mol. The number of halogens is 1. The van der Waals surface area contributed by atoms with Gasteiger partial charge in [0.15, 0.2) is 24.7 Å². The van der Waals surface area contributed by atoms with E-state index in [9.17, 15) is 36.9 Å². The molecule has 0 aromatic heterocycles. The molecular formula is C24H49ClN2O11S2Si. The van der Waals surface area contributed by atoms with Crippen molar-refractivity contribution in [1.82, 2.24) is 10.4 Å². The van der Waals surface area contributed by atoms with Crippen molar-refractivity contribution in [2.45, 2.75) is 104 Å². The van der Waals surface area contributed by atoms with E-state index in [0.717, 1.165) is 6.04 Å². The molecule has 1 aliphatic heterocycles. The van der Waals surface area contributed by atoms with Crippen LogP contribution in [0.3, 0.4) is 0 Å². The molecule has 6 atom stereocenters. The third-order valence-electron chi connectivity index (χ3n) is 5.57. The molecule has 0 bridgehead atoms. The molecule has 4 N–H and O–H groups in total. The Hall–Kier alpha value is -0.663. The lowest BCUT2D eigenvalue weighted by atomic mass is 10.0. The monoisotopic (exact) mass is 668 g/mol. The Balaban J connectivity index is 0.000000790. The number of nitrogens with zero attached hydrogens (tertiary/aromatic N) is 1. The summed E-state index contributed by atoms with van der Waals surface area (Å²) < 4.78 is 61.5. The third kappa shape index (κ3) is 17.3. The van der Waals surface area contributed by atoms with Gasteiger partial charge in [0, 0.05) is 25.8 Å². The van der Waals surface area contributed by atoms with Crippen LogP contribution in [0.15, 0.2) is 12.2 Å². The minimum Gasteiger partial charge on any atom is -0.372 e. The summed E-state index contributed by atoms with van der Waals surface area (Å²) in [5.41, 5.74) is -0.884. The quantitative estimate of drug-likeness (QED) is 0.0616. The first-order valence-corrected chi connectivity index (χ1v) is 20.7. The van der Waals surface area contributed by atoms with Crippen molar-refractivity contribution in [2.24, 2.45) is 11.8 Å². The van der Waals surface area contributed by atoms with Gasteiger partial charge in [0.2, 0.25) is 5.91 Å². The normalized spacial score (nSPS) is 21.5. The highest BCUT2D eigenvalue weighted by Gasteiger charge is 2.33. The van der Waals surface area contributed by atoms with Gasteiger partial charge >= 0.3 is 10.1 Å². The molecule has 1 rings (SSSR count). The Morgan fingerprint density at radius 2 is 1.59 bits per heavy atom. The number of hydrogen-bond donors (Lipinski definition) is 4. The first-order chi connectivity index (χ1) is 18.4. The van der Waals surface area contributed by atoms with Gasteiger partial charge in [0.25, 0.3) is 10.1 Å². The van der Waals surface area contributed by atoms with E-state index in [1.54, 1.807) is 34.6 Å². The molecule has 41 heavy (non-hydrogen) atoms. The molecule has 0 fully saturated rings. The summed E-state index contributed by atoms with van der Waals surface area (Å²) in [6.45, 7) is 16.8. The number of hydrogen-bond acceptors (Lipinski definition) is 12. The molecule has 13 nitrogen and oxygen atoms in total. The SMILES string of the molecule is CC(C[Si](C)(C)C)C(O)OCS(=O)(=O)ON1C(O)C=CC1O.CCC(C)C(=O)NC(C)(C)CS(=O)(=O)OC(C)CCl. The minimum atomic E-state index is -4.21. The lowest BCUT2D eigenvalue weighted by molar-refractivity contribution is -0.205. The van der Waals surface area contributed by atoms with Crippen LogP contribution in [0.4, 0.5) is 0 Å². The Bertz CT molecular complexity index is 1040. The first kappa shape index (κ1) is 40.3. The van der Waals surface area contributed by atoms with Crippen molar-refractivity contribution in [3.05, 3.63) is 12.2 Å². The van der Waals surface area contributed by atoms with E-state index < -0.39 is 64.6 Å². The van der Waals surface area contributed by atoms with Crippen LogP contribution >= 0.6 is 11.6 Å². The summed E-state index contributed by atoms with van der Waals surface area (Å²) in [7, 11) is -9.34. The average Bonchev–Trinajstić information content (AvgIpc) is 3.11. The lowest BCUT2D eigenvalue weighted by Gasteiger charge is -2.27. The van der Waals surface area contributed by atoms with Gasteiger partial charge in [0.05, 0.1) is 17.4 Å². The van der Waals surface area contributed by atoms with Crippen LogP contribution in [0.5, 0.6) is 0 Å². The second kappa shape index (κ2) is 17.0. The second-order valence-electron chi connectivity index (χ2n) is 12.1. The maximum Gasteiger partial charge on any atom is 0.308 e. The first-order valence-electron chi connectivity index (χ1n) is 13.3. The largest absolute Gasteiger partial charge is 0.372 e.